The lowest BCUT2D eigenvalue weighted by molar-refractivity contribution is 0.124. The van der Waals surface area contributed by atoms with Gasteiger partial charge in [0.15, 0.2) is 0 Å². The van der Waals surface area contributed by atoms with Crippen LogP contribution in [0.2, 0.25) is 6.04 Å². The normalized spacial score (nSPS) is 12.1. The van der Waals surface area contributed by atoms with Gasteiger partial charge in [-0.05, 0) is 18.8 Å². The van der Waals surface area contributed by atoms with Crippen LogP contribution < -0.4 is 0 Å². The van der Waals surface area contributed by atoms with Crippen LogP contribution in [-0.2, 0) is 13.3 Å². The lowest BCUT2D eigenvalue weighted by Gasteiger charge is -2.24. The van der Waals surface area contributed by atoms with Gasteiger partial charge in [0.2, 0.25) is 0 Å². The number of nitrogens with one attached hydrogen (secondary N) is 1. The third-order valence-electron chi connectivity index (χ3n) is 2.32. The van der Waals surface area contributed by atoms with E-state index in [1.807, 2.05) is 0 Å². The summed E-state index contributed by atoms with van der Waals surface area (Å²) in [7, 11) is 2.34. The fraction of sp³-hybridized carbons (Fsp3) is 0.900. The Morgan fingerprint density at radius 1 is 1.13 bits per heavy atom. The van der Waals surface area contributed by atoms with Gasteiger partial charge in [0, 0.05) is 33.1 Å². The highest BCUT2D eigenvalue weighted by Crippen LogP contribution is 2.16. The van der Waals surface area contributed by atoms with Gasteiger partial charge in [-0.2, -0.15) is 0 Å². The second-order valence-electron chi connectivity index (χ2n) is 4.00. The van der Waals surface area contributed by atoms with Crippen molar-refractivity contribution in [1.82, 2.24) is 0 Å². The maximum absolute atomic E-state index is 7.78. The average molecular weight is 233 g/mol. The molecule has 0 spiro atoms. The van der Waals surface area contributed by atoms with E-state index in [0.717, 1.165) is 12.1 Å². The molecule has 0 fully saturated rings. The van der Waals surface area contributed by atoms with Crippen LogP contribution in [0.1, 0.15) is 26.7 Å². The quantitative estimate of drug-likeness (QED) is 0.517. The van der Waals surface area contributed by atoms with Gasteiger partial charge >= 0.3 is 8.80 Å². The number of hydrogen-bond donors (Lipinski definition) is 1. The van der Waals surface area contributed by atoms with Crippen molar-refractivity contribution in [3.05, 3.63) is 0 Å². The molecular weight excluding hydrogens is 210 g/mol. The Kier molecular flexibility index (Phi) is 7.00. The Balaban J connectivity index is 4.05. The Bertz CT molecular complexity index is 185. The fourth-order valence-corrected chi connectivity index (χ4v) is 3.18. The molecular formula is C10H23NO3Si. The van der Waals surface area contributed by atoms with E-state index in [2.05, 4.69) is 13.8 Å². The van der Waals surface area contributed by atoms with Crippen molar-refractivity contribution in [3.8, 4) is 0 Å². The third-order valence-corrected chi connectivity index (χ3v) is 5.05. The molecule has 90 valence electrons. The molecule has 0 amide bonds. The monoisotopic (exact) mass is 233 g/mol. The molecule has 5 heteroatoms. The summed E-state index contributed by atoms with van der Waals surface area (Å²) < 4.78 is 15.9. The lowest BCUT2D eigenvalue weighted by Crippen LogP contribution is -2.43. The first-order chi connectivity index (χ1) is 6.99. The summed E-state index contributed by atoms with van der Waals surface area (Å²) in [5.41, 5.74) is 0.744. The van der Waals surface area contributed by atoms with Crippen LogP contribution in [0.3, 0.4) is 0 Å². The summed E-state index contributed by atoms with van der Waals surface area (Å²) in [6.07, 6.45) is 1.53. The Hall–Kier alpha value is -0.233. The summed E-state index contributed by atoms with van der Waals surface area (Å²) in [5, 5.41) is 7.78. The largest absolute Gasteiger partial charge is 0.500 e. The van der Waals surface area contributed by atoms with Crippen LogP contribution in [0, 0.1) is 11.3 Å². The molecule has 0 aromatic heterocycles. The fourth-order valence-electron chi connectivity index (χ4n) is 1.46. The molecule has 1 N–H and O–H groups in total. The van der Waals surface area contributed by atoms with E-state index in [9.17, 15) is 0 Å². The number of rotatable bonds is 8. The zero-order chi connectivity index (χ0) is 11.9. The first-order valence-electron chi connectivity index (χ1n) is 5.21. The minimum Gasteiger partial charge on any atom is -0.377 e. The van der Waals surface area contributed by atoms with Gasteiger partial charge < -0.3 is 18.7 Å². The third kappa shape index (κ3) is 5.41. The molecule has 0 aromatic rings. The van der Waals surface area contributed by atoms with Crippen molar-refractivity contribution in [1.29, 1.82) is 5.41 Å². The van der Waals surface area contributed by atoms with Crippen LogP contribution in [0.15, 0.2) is 0 Å². The zero-order valence-corrected chi connectivity index (χ0v) is 11.4. The molecule has 0 bridgehead atoms. The predicted molar refractivity (Wildman–Crippen MR) is 63.4 cm³/mol. The van der Waals surface area contributed by atoms with Crippen molar-refractivity contribution < 1.29 is 13.3 Å². The second-order valence-corrected chi connectivity index (χ2v) is 7.09. The van der Waals surface area contributed by atoms with E-state index >= 15 is 0 Å². The van der Waals surface area contributed by atoms with Gasteiger partial charge in [0.25, 0.3) is 0 Å². The molecule has 4 nitrogen and oxygen atoms in total. The van der Waals surface area contributed by atoms with Crippen LogP contribution in [0.5, 0.6) is 0 Å². The predicted octanol–water partition coefficient (Wildman–Crippen LogP) is 2.32. The molecule has 0 saturated carbocycles. The first kappa shape index (κ1) is 14.8. The van der Waals surface area contributed by atoms with Gasteiger partial charge in [-0.15, -0.1) is 0 Å². The summed E-state index contributed by atoms with van der Waals surface area (Å²) in [5.74, 6) is 0.529. The van der Waals surface area contributed by atoms with E-state index in [-0.39, 0.29) is 0 Å². The molecule has 0 atom stereocenters. The van der Waals surface area contributed by atoms with E-state index in [4.69, 9.17) is 18.7 Å². The van der Waals surface area contributed by atoms with E-state index in [1.165, 1.54) is 0 Å². The average Bonchev–Trinajstić information content (AvgIpc) is 2.20. The summed E-state index contributed by atoms with van der Waals surface area (Å²) in [4.78, 5) is 0. The van der Waals surface area contributed by atoms with Crippen LogP contribution >= 0.6 is 0 Å². The molecule has 0 unspecified atom stereocenters. The molecule has 0 aliphatic carbocycles. The van der Waals surface area contributed by atoms with Crippen LogP contribution in [-0.4, -0.2) is 35.8 Å². The smallest absolute Gasteiger partial charge is 0.377 e. The topological polar surface area (TPSA) is 51.5 Å². The molecule has 0 rings (SSSR count). The van der Waals surface area contributed by atoms with Crippen molar-refractivity contribution in [2.45, 2.75) is 32.7 Å². The first-order valence-corrected chi connectivity index (χ1v) is 7.14. The summed E-state index contributed by atoms with van der Waals surface area (Å²) in [6, 6.07) is 0.683. The molecule has 0 aromatic carbocycles. The van der Waals surface area contributed by atoms with Gasteiger partial charge in [-0.1, -0.05) is 13.8 Å². The van der Waals surface area contributed by atoms with Crippen molar-refractivity contribution >= 4 is 14.5 Å². The number of hydrogen-bond acceptors (Lipinski definition) is 4. The summed E-state index contributed by atoms with van der Waals surface area (Å²) >= 11 is 0. The molecule has 0 heterocycles. The maximum atomic E-state index is 7.78. The highest BCUT2D eigenvalue weighted by Gasteiger charge is 2.37. The van der Waals surface area contributed by atoms with Crippen molar-refractivity contribution in [3.63, 3.8) is 0 Å². The molecule has 0 radical (unpaired) electrons. The van der Waals surface area contributed by atoms with Gasteiger partial charge in [0.1, 0.15) is 0 Å². The minimum absolute atomic E-state index is 0.529. The summed E-state index contributed by atoms with van der Waals surface area (Å²) in [6.45, 7) is 4.23. The Labute approximate surface area is 93.8 Å². The molecule has 15 heavy (non-hydrogen) atoms. The zero-order valence-electron chi connectivity index (χ0n) is 10.4. The highest BCUT2D eigenvalue weighted by molar-refractivity contribution is 6.60. The maximum Gasteiger partial charge on any atom is 0.500 e. The molecule has 0 saturated heterocycles. The molecule has 0 aliphatic rings. The minimum atomic E-state index is -2.47. The van der Waals surface area contributed by atoms with Crippen molar-refractivity contribution in [2.75, 3.05) is 21.3 Å². The standard InChI is InChI=1S/C10H23NO3Si/c1-9(2)8-10(11)6-7-15(12-3,13-4)14-5/h9,11H,6-8H2,1-5H3. The second kappa shape index (κ2) is 7.11. The van der Waals surface area contributed by atoms with Crippen molar-refractivity contribution in [2.24, 2.45) is 5.92 Å². The van der Waals surface area contributed by atoms with Gasteiger partial charge in [-0.25, -0.2) is 0 Å². The van der Waals surface area contributed by atoms with E-state index in [1.54, 1.807) is 21.3 Å². The Morgan fingerprint density at radius 2 is 1.60 bits per heavy atom. The van der Waals surface area contributed by atoms with E-state index in [0.29, 0.717) is 18.4 Å². The Morgan fingerprint density at radius 3 is 1.93 bits per heavy atom. The van der Waals surface area contributed by atoms with E-state index < -0.39 is 8.80 Å². The lowest BCUT2D eigenvalue weighted by atomic mass is 10.1. The SMILES string of the molecule is CO[Si](CCC(=N)CC(C)C)(OC)OC. The molecule has 0 aliphatic heterocycles. The highest BCUT2D eigenvalue weighted by atomic mass is 28.4. The van der Waals surface area contributed by atoms with Gasteiger partial charge in [0.05, 0.1) is 0 Å². The van der Waals surface area contributed by atoms with Gasteiger partial charge in [-0.3, -0.25) is 0 Å². The van der Waals surface area contributed by atoms with Crippen LogP contribution in [0.4, 0.5) is 0 Å². The van der Waals surface area contributed by atoms with Crippen LogP contribution in [0.25, 0.3) is 0 Å².